The summed E-state index contributed by atoms with van der Waals surface area (Å²) in [7, 11) is -0.478. The lowest BCUT2D eigenvalue weighted by atomic mass is 10.2. The number of hydrogen-bond donors (Lipinski definition) is 1. The van der Waals surface area contributed by atoms with E-state index in [1.54, 1.807) is 50.7 Å². The van der Waals surface area contributed by atoms with E-state index in [2.05, 4.69) is 4.72 Å². The first-order chi connectivity index (χ1) is 10.9. The van der Waals surface area contributed by atoms with Gasteiger partial charge in [0.05, 0.1) is 12.0 Å². The molecule has 1 N–H and O–H groups in total. The maximum atomic E-state index is 12.5. The highest BCUT2D eigenvalue weighted by Crippen LogP contribution is 2.26. The molecule has 0 spiro atoms. The number of hydrogen-bond acceptors (Lipinski definition) is 5. The van der Waals surface area contributed by atoms with E-state index >= 15 is 0 Å². The summed E-state index contributed by atoms with van der Waals surface area (Å²) < 4.78 is 38.2. The molecule has 0 radical (unpaired) electrons. The normalized spacial score (nSPS) is 13.0. The van der Waals surface area contributed by atoms with E-state index in [4.69, 9.17) is 9.47 Å². The zero-order valence-corrected chi connectivity index (χ0v) is 15.3. The Balaban J connectivity index is 2.14. The van der Waals surface area contributed by atoms with Gasteiger partial charge in [-0.15, -0.1) is 11.3 Å². The van der Waals surface area contributed by atoms with Gasteiger partial charge in [-0.3, -0.25) is 0 Å². The minimum absolute atomic E-state index is 0.185. The summed E-state index contributed by atoms with van der Waals surface area (Å²) in [6, 6.07) is 8.84. The van der Waals surface area contributed by atoms with E-state index in [1.165, 1.54) is 0 Å². The Labute approximate surface area is 141 Å². The van der Waals surface area contributed by atoms with E-state index in [1.807, 2.05) is 19.1 Å². The molecular formula is C16H21NO4S2. The van der Waals surface area contributed by atoms with Crippen molar-refractivity contribution >= 4 is 21.4 Å². The monoisotopic (exact) mass is 355 g/mol. The lowest BCUT2D eigenvalue weighted by Crippen LogP contribution is -2.29. The summed E-state index contributed by atoms with van der Waals surface area (Å²) in [5.41, 5.74) is 0.637. The third-order valence-corrected chi connectivity index (χ3v) is 6.17. The van der Waals surface area contributed by atoms with Crippen molar-refractivity contribution < 1.29 is 17.9 Å². The molecule has 1 atom stereocenters. The first-order valence-corrected chi connectivity index (χ1v) is 9.41. The van der Waals surface area contributed by atoms with Crippen molar-refractivity contribution in [1.82, 2.24) is 4.72 Å². The Hall–Kier alpha value is -1.41. The predicted molar refractivity (Wildman–Crippen MR) is 91.7 cm³/mol. The molecule has 0 aliphatic heterocycles. The van der Waals surface area contributed by atoms with Crippen LogP contribution in [0.15, 0.2) is 35.2 Å². The van der Waals surface area contributed by atoms with Gasteiger partial charge in [-0.25, -0.2) is 13.1 Å². The van der Waals surface area contributed by atoms with Crippen LogP contribution in [0.4, 0.5) is 0 Å². The van der Waals surface area contributed by atoms with Gasteiger partial charge in [0.15, 0.2) is 0 Å². The van der Waals surface area contributed by atoms with E-state index in [0.717, 1.165) is 9.75 Å². The predicted octanol–water partition coefficient (Wildman–Crippen LogP) is 3.04. The molecule has 1 heterocycles. The average Bonchev–Trinajstić information content (AvgIpc) is 2.93. The Morgan fingerprint density at radius 3 is 2.43 bits per heavy atom. The molecule has 0 saturated heterocycles. The fourth-order valence-electron chi connectivity index (χ4n) is 2.24. The molecule has 0 amide bonds. The second-order valence-electron chi connectivity index (χ2n) is 5.16. The lowest BCUT2D eigenvalue weighted by Gasteiger charge is -2.16. The quantitative estimate of drug-likeness (QED) is 0.829. The highest BCUT2D eigenvalue weighted by molar-refractivity contribution is 7.89. The molecule has 5 nitrogen and oxygen atoms in total. The van der Waals surface area contributed by atoms with Crippen molar-refractivity contribution in [2.24, 2.45) is 0 Å². The van der Waals surface area contributed by atoms with Crippen LogP contribution < -0.4 is 9.46 Å². The van der Waals surface area contributed by atoms with Crippen molar-refractivity contribution in [3.63, 3.8) is 0 Å². The zero-order valence-electron chi connectivity index (χ0n) is 13.6. The summed E-state index contributed by atoms with van der Waals surface area (Å²) in [5.74, 6) is 0.630. The van der Waals surface area contributed by atoms with Crippen LogP contribution >= 0.6 is 11.3 Å². The van der Waals surface area contributed by atoms with Crippen molar-refractivity contribution in [3.05, 3.63) is 45.6 Å². The SMILES string of the molecule is COc1ccc(S(=O)(=O)NC[C@H](OC)c2ccc(C)s2)c(C)c1. The molecule has 0 aliphatic carbocycles. The summed E-state index contributed by atoms with van der Waals surface area (Å²) in [6.45, 7) is 3.93. The fraction of sp³-hybridized carbons (Fsp3) is 0.375. The van der Waals surface area contributed by atoms with Gasteiger partial charge < -0.3 is 9.47 Å². The standard InChI is InChI=1S/C16H21NO4S2/c1-11-9-13(20-3)6-8-16(11)23(18,19)17-10-14(21-4)15-7-5-12(2)22-15/h5-9,14,17H,10H2,1-4H3/t14-/m0/s1. The molecule has 1 aromatic carbocycles. The van der Waals surface area contributed by atoms with Crippen LogP contribution in [-0.2, 0) is 14.8 Å². The number of thiophene rings is 1. The lowest BCUT2D eigenvalue weighted by molar-refractivity contribution is 0.110. The number of nitrogens with one attached hydrogen (secondary N) is 1. The second kappa shape index (κ2) is 7.44. The molecule has 7 heteroatoms. The first kappa shape index (κ1) is 17.9. The average molecular weight is 355 g/mol. The van der Waals surface area contributed by atoms with Gasteiger partial charge in [0.1, 0.15) is 11.9 Å². The van der Waals surface area contributed by atoms with Gasteiger partial charge in [0, 0.05) is 23.4 Å². The van der Waals surface area contributed by atoms with Gasteiger partial charge in [-0.05, 0) is 49.7 Å². The van der Waals surface area contributed by atoms with Gasteiger partial charge >= 0.3 is 0 Å². The van der Waals surface area contributed by atoms with Crippen LogP contribution in [0.2, 0.25) is 0 Å². The zero-order chi connectivity index (χ0) is 17.0. The summed E-state index contributed by atoms with van der Waals surface area (Å²) in [4.78, 5) is 2.41. The summed E-state index contributed by atoms with van der Waals surface area (Å²) >= 11 is 1.60. The Morgan fingerprint density at radius 2 is 1.91 bits per heavy atom. The maximum Gasteiger partial charge on any atom is 0.240 e. The smallest absolute Gasteiger partial charge is 0.240 e. The topological polar surface area (TPSA) is 64.6 Å². The Bertz CT molecular complexity index is 768. The maximum absolute atomic E-state index is 12.5. The van der Waals surface area contributed by atoms with Crippen LogP contribution in [0.1, 0.15) is 21.4 Å². The molecule has 0 saturated carbocycles. The van der Waals surface area contributed by atoms with Crippen molar-refractivity contribution in [2.45, 2.75) is 24.8 Å². The van der Waals surface area contributed by atoms with E-state index in [0.29, 0.717) is 11.3 Å². The number of benzene rings is 1. The van der Waals surface area contributed by atoms with Gasteiger partial charge in [-0.2, -0.15) is 0 Å². The van der Waals surface area contributed by atoms with Crippen LogP contribution in [0.3, 0.4) is 0 Å². The molecule has 2 rings (SSSR count). The number of sulfonamides is 1. The van der Waals surface area contributed by atoms with Gasteiger partial charge in [-0.1, -0.05) is 0 Å². The molecule has 2 aromatic rings. The van der Waals surface area contributed by atoms with Crippen molar-refractivity contribution in [2.75, 3.05) is 20.8 Å². The minimum Gasteiger partial charge on any atom is -0.497 e. The van der Waals surface area contributed by atoms with Crippen molar-refractivity contribution in [1.29, 1.82) is 0 Å². The number of ether oxygens (including phenoxy) is 2. The fourth-order valence-corrected chi connectivity index (χ4v) is 4.45. The molecule has 0 unspecified atom stereocenters. The van der Waals surface area contributed by atoms with Crippen LogP contribution in [0.5, 0.6) is 5.75 Å². The Morgan fingerprint density at radius 1 is 1.17 bits per heavy atom. The molecule has 126 valence electrons. The molecule has 23 heavy (non-hydrogen) atoms. The van der Waals surface area contributed by atoms with E-state index < -0.39 is 10.0 Å². The number of rotatable bonds is 7. The minimum atomic E-state index is -3.60. The first-order valence-electron chi connectivity index (χ1n) is 7.11. The second-order valence-corrected chi connectivity index (χ2v) is 8.21. The van der Waals surface area contributed by atoms with E-state index in [9.17, 15) is 8.42 Å². The van der Waals surface area contributed by atoms with Crippen LogP contribution in [0, 0.1) is 13.8 Å². The van der Waals surface area contributed by atoms with Gasteiger partial charge in [0.2, 0.25) is 10.0 Å². The Kier molecular flexibility index (Phi) is 5.80. The van der Waals surface area contributed by atoms with Crippen LogP contribution in [0.25, 0.3) is 0 Å². The highest BCUT2D eigenvalue weighted by atomic mass is 32.2. The summed E-state index contributed by atoms with van der Waals surface area (Å²) in [6.07, 6.45) is -0.304. The molecule has 0 bridgehead atoms. The third kappa shape index (κ3) is 4.32. The molecular weight excluding hydrogens is 334 g/mol. The number of aryl methyl sites for hydroxylation is 2. The summed E-state index contributed by atoms with van der Waals surface area (Å²) in [5, 5.41) is 0. The third-order valence-electron chi connectivity index (χ3n) is 3.49. The van der Waals surface area contributed by atoms with Crippen LogP contribution in [-0.4, -0.2) is 29.2 Å². The molecule has 1 aromatic heterocycles. The van der Waals surface area contributed by atoms with E-state index in [-0.39, 0.29) is 17.5 Å². The van der Waals surface area contributed by atoms with Crippen molar-refractivity contribution in [3.8, 4) is 5.75 Å². The highest BCUT2D eigenvalue weighted by Gasteiger charge is 2.20. The number of methoxy groups -OCH3 is 2. The van der Waals surface area contributed by atoms with Gasteiger partial charge in [0.25, 0.3) is 0 Å². The molecule has 0 fully saturated rings. The molecule has 0 aliphatic rings. The largest absolute Gasteiger partial charge is 0.497 e.